The first-order valence-electron chi connectivity index (χ1n) is 18.4. The number of fused-ring (bicyclic) bond motifs is 4. The van der Waals surface area contributed by atoms with Crippen LogP contribution in [-0.2, 0) is 27.1 Å². The zero-order valence-corrected chi connectivity index (χ0v) is 32.0. The lowest BCUT2D eigenvalue weighted by Gasteiger charge is -2.41. The zero-order chi connectivity index (χ0) is 38.1. The number of aliphatic hydroxyl groups excluding tert-OH is 1. The van der Waals surface area contributed by atoms with E-state index in [0.717, 1.165) is 30.4 Å². The molecule has 0 amide bonds. The van der Waals surface area contributed by atoms with Crippen molar-refractivity contribution in [1.82, 2.24) is 10.3 Å². The third-order valence-electron chi connectivity index (χ3n) is 10.1. The summed E-state index contributed by atoms with van der Waals surface area (Å²) in [7, 11) is 3.48. The minimum absolute atomic E-state index is 0.0538. The maximum atomic E-state index is 12.3. The normalized spacial score (nSPS) is 26.3. The molecule has 292 valence electrons. The van der Waals surface area contributed by atoms with Gasteiger partial charge in [0.25, 0.3) is 0 Å². The fourth-order valence-electron chi connectivity index (χ4n) is 7.52. The number of phenols is 3. The second-order valence-electron chi connectivity index (χ2n) is 14.3. The van der Waals surface area contributed by atoms with E-state index in [1.807, 2.05) is 24.3 Å². The molecule has 7 N–H and O–H groups in total. The van der Waals surface area contributed by atoms with Gasteiger partial charge in [0.1, 0.15) is 12.2 Å². The van der Waals surface area contributed by atoms with E-state index in [1.54, 1.807) is 46.1 Å². The molecule has 1 aliphatic carbocycles. The minimum Gasteiger partial charge on any atom is -0.504 e. The minimum atomic E-state index is -0.575. The highest BCUT2D eigenvalue weighted by atomic mass is 33.1. The average molecular weight is 783 g/mol. The van der Waals surface area contributed by atoms with E-state index in [4.69, 9.17) is 24.7 Å². The molecule has 15 heteroatoms. The number of aromatic hydroxyl groups is 3. The molecule has 6 atom stereocenters. The van der Waals surface area contributed by atoms with Crippen molar-refractivity contribution in [3.63, 3.8) is 0 Å². The first kappa shape index (κ1) is 39.6. The van der Waals surface area contributed by atoms with Crippen molar-refractivity contribution in [3.05, 3.63) is 71.5 Å². The van der Waals surface area contributed by atoms with Gasteiger partial charge >= 0.3 is 5.97 Å². The number of pyridine rings is 1. The number of aliphatic hydroxyl groups is 1. The molecule has 0 spiro atoms. The Morgan fingerprint density at radius 1 is 1.15 bits per heavy atom. The van der Waals surface area contributed by atoms with E-state index in [2.05, 4.69) is 15.3 Å². The number of carbonyl (C=O) groups excluding carboxylic acids is 1. The van der Waals surface area contributed by atoms with Crippen molar-refractivity contribution in [2.75, 3.05) is 31.3 Å². The maximum absolute atomic E-state index is 12.3. The van der Waals surface area contributed by atoms with Crippen LogP contribution in [0, 0.1) is 5.92 Å². The topological polar surface area (TPSA) is 198 Å². The molecule has 1 aromatic heterocycles. The molecule has 2 aromatic carbocycles. The van der Waals surface area contributed by atoms with Crippen molar-refractivity contribution in [3.8, 4) is 28.7 Å². The summed E-state index contributed by atoms with van der Waals surface area (Å²) in [5, 5.41) is 45.1. The number of aliphatic imine (C=N–C) groups is 1. The van der Waals surface area contributed by atoms with Crippen LogP contribution in [0.1, 0.15) is 68.2 Å². The number of guanidine groups is 1. The molecule has 3 aliphatic rings. The zero-order valence-electron chi connectivity index (χ0n) is 30.4. The van der Waals surface area contributed by atoms with Crippen LogP contribution in [0.5, 0.6) is 28.7 Å². The fraction of sp³-hybridized carbons (Fsp3) is 0.513. The van der Waals surface area contributed by atoms with Crippen molar-refractivity contribution in [2.24, 2.45) is 16.6 Å². The van der Waals surface area contributed by atoms with Gasteiger partial charge in [0.05, 0.1) is 37.5 Å². The number of phenolic OH excluding ortho intramolecular Hbond substituents is 3. The summed E-state index contributed by atoms with van der Waals surface area (Å²) in [5.74, 6) is 1.17. The van der Waals surface area contributed by atoms with Gasteiger partial charge in [0.2, 0.25) is 5.75 Å². The van der Waals surface area contributed by atoms with Crippen LogP contribution >= 0.6 is 21.6 Å². The molecule has 6 rings (SSSR count). The van der Waals surface area contributed by atoms with Crippen LogP contribution in [0.15, 0.2) is 59.9 Å². The van der Waals surface area contributed by atoms with Gasteiger partial charge in [-0.3, -0.25) is 14.8 Å². The highest BCUT2D eigenvalue weighted by Gasteiger charge is 2.40. The summed E-state index contributed by atoms with van der Waals surface area (Å²) in [5.41, 5.74) is 8.41. The van der Waals surface area contributed by atoms with Crippen molar-refractivity contribution >= 4 is 33.5 Å². The predicted octanol–water partition coefficient (Wildman–Crippen LogP) is 5.18. The van der Waals surface area contributed by atoms with Gasteiger partial charge in [-0.2, -0.15) is 0 Å². The quantitative estimate of drug-likeness (QED) is 0.0517. The van der Waals surface area contributed by atoms with Gasteiger partial charge in [0.15, 0.2) is 29.0 Å². The van der Waals surface area contributed by atoms with Crippen LogP contribution in [0.3, 0.4) is 0 Å². The molecule has 2 fully saturated rings. The van der Waals surface area contributed by atoms with Crippen LogP contribution in [0.2, 0.25) is 0 Å². The van der Waals surface area contributed by atoms with Gasteiger partial charge < -0.3 is 50.4 Å². The predicted molar refractivity (Wildman–Crippen MR) is 208 cm³/mol. The van der Waals surface area contributed by atoms with Crippen molar-refractivity contribution < 1.29 is 44.2 Å². The summed E-state index contributed by atoms with van der Waals surface area (Å²) >= 11 is 0. The van der Waals surface area contributed by atoms with Gasteiger partial charge in [0, 0.05) is 56.5 Å². The number of rotatable bonds is 10. The van der Waals surface area contributed by atoms with E-state index in [-0.39, 0.29) is 66.8 Å². The monoisotopic (exact) mass is 782 g/mol. The van der Waals surface area contributed by atoms with E-state index in [1.165, 1.54) is 13.0 Å². The van der Waals surface area contributed by atoms with Gasteiger partial charge in [-0.1, -0.05) is 33.7 Å². The Labute approximate surface area is 323 Å². The maximum Gasteiger partial charge on any atom is 0.302 e. The first-order valence-corrected chi connectivity index (χ1v) is 20.9. The third kappa shape index (κ3) is 10.6. The second kappa shape index (κ2) is 18.5. The molecule has 54 heavy (non-hydrogen) atoms. The molecule has 1 saturated heterocycles. The standard InChI is InChI=1S/C39H50N4O9S2/c1-24(45)50-30-18-33(27-16-32(47)37(48)36(17-27)49-13-8-25-4-3-10-41-21-25)52-34(19-30)28-14-26-6-7-31(46)35(15-26)51-29-5-2-9-39(20-29,23-54-53-22-28)43-38(40)42-11-12-44/h3-4,6-7,10,15-17,21,28-30,33-34,44,46-48H,2,5,8-9,11-14,18-20,22-23H2,1H3,(H3,40,42,43). The Balaban J connectivity index is 1.25. The molecule has 0 radical (unpaired) electrons. The largest absolute Gasteiger partial charge is 0.504 e. The number of nitrogens with zero attached hydrogens (tertiary/aromatic N) is 2. The molecule has 1 saturated carbocycles. The number of aromatic nitrogens is 1. The summed E-state index contributed by atoms with van der Waals surface area (Å²) in [6.45, 7) is 1.76. The number of ether oxygens (including phenoxy) is 4. The van der Waals surface area contributed by atoms with Gasteiger partial charge in [-0.05, 0) is 78.6 Å². The number of hydrogen-bond acceptors (Lipinski definition) is 13. The van der Waals surface area contributed by atoms with Crippen molar-refractivity contribution in [2.45, 2.75) is 88.2 Å². The Kier molecular flexibility index (Phi) is 13.6. The highest BCUT2D eigenvalue weighted by Crippen LogP contribution is 2.45. The summed E-state index contributed by atoms with van der Waals surface area (Å²) in [4.78, 5) is 20.7. The number of nitrogens with one attached hydrogen (secondary N) is 1. The van der Waals surface area contributed by atoms with Crippen LogP contribution < -0.4 is 20.5 Å². The van der Waals surface area contributed by atoms with Gasteiger partial charge in [-0.15, -0.1) is 0 Å². The summed E-state index contributed by atoms with van der Waals surface area (Å²) < 4.78 is 25.1. The van der Waals surface area contributed by atoms with Crippen LogP contribution in [0.4, 0.5) is 0 Å². The molecule has 3 heterocycles. The second-order valence-corrected chi connectivity index (χ2v) is 16.8. The first-order chi connectivity index (χ1) is 26.1. The van der Waals surface area contributed by atoms with Crippen LogP contribution in [0.25, 0.3) is 0 Å². The number of carbonyl (C=O) groups is 1. The smallest absolute Gasteiger partial charge is 0.302 e. The molecular formula is C39H50N4O9S2. The fourth-order valence-corrected chi connectivity index (χ4v) is 10.5. The Hall–Kier alpha value is -4.05. The molecule has 13 nitrogen and oxygen atoms in total. The van der Waals surface area contributed by atoms with Crippen LogP contribution in [-0.4, -0.2) is 92.5 Å². The molecule has 4 bridgehead atoms. The Morgan fingerprint density at radius 3 is 2.81 bits per heavy atom. The van der Waals surface area contributed by atoms with Crippen molar-refractivity contribution in [1.29, 1.82) is 0 Å². The number of hydrogen-bond donors (Lipinski definition) is 6. The summed E-state index contributed by atoms with van der Waals surface area (Å²) in [6.07, 6.45) is 7.15. The number of esters is 1. The van der Waals surface area contributed by atoms with E-state index < -0.39 is 23.7 Å². The number of benzene rings is 2. The van der Waals surface area contributed by atoms with Gasteiger partial charge in [-0.25, -0.2) is 0 Å². The highest BCUT2D eigenvalue weighted by molar-refractivity contribution is 8.76. The van der Waals surface area contributed by atoms with E-state index in [0.29, 0.717) is 54.9 Å². The van der Waals surface area contributed by atoms with E-state index >= 15 is 0 Å². The lowest BCUT2D eigenvalue weighted by molar-refractivity contribution is -0.163. The molecule has 3 aromatic rings. The molecule has 2 aliphatic heterocycles. The van der Waals surface area contributed by atoms with E-state index in [9.17, 15) is 25.2 Å². The number of nitrogens with two attached hydrogens (primary N) is 1. The third-order valence-corrected chi connectivity index (χ3v) is 12.7. The molecule has 6 unspecified atom stereocenters. The average Bonchev–Trinajstić information content (AvgIpc) is 3.15. The summed E-state index contributed by atoms with van der Waals surface area (Å²) in [6, 6.07) is 12.4. The SMILES string of the molecule is CC(=O)OC1CC(c2cc(O)c(O)c(OCCc3cccnc3)c2)OC(C2CSSCC3(NC(N)=NCCO)CCCC(C3)Oc3cc(ccc3O)C2)C1. The Morgan fingerprint density at radius 2 is 2.02 bits per heavy atom. The molecular weight excluding hydrogens is 733 g/mol. The lowest BCUT2D eigenvalue weighted by Crippen LogP contribution is -2.57. The lowest BCUT2D eigenvalue weighted by atomic mass is 9.81. The Bertz CT molecular complexity index is 1750.